The topological polar surface area (TPSA) is 58.1 Å². The van der Waals surface area contributed by atoms with E-state index in [2.05, 4.69) is 34.5 Å². The molecule has 1 aliphatic heterocycles. The minimum atomic E-state index is -0.00463. The summed E-state index contributed by atoms with van der Waals surface area (Å²) < 4.78 is 0. The zero-order chi connectivity index (χ0) is 21.8. The first kappa shape index (κ1) is 20.5. The molecule has 1 amide bonds. The van der Waals surface area contributed by atoms with Crippen LogP contribution < -0.4 is 10.2 Å². The van der Waals surface area contributed by atoms with Crippen molar-refractivity contribution in [1.82, 2.24) is 15.3 Å². The highest BCUT2D eigenvalue weighted by Crippen LogP contribution is 2.29. The average Bonchev–Trinajstić information content (AvgIpc) is 2.86. The second-order valence-electron chi connectivity index (χ2n) is 7.84. The lowest BCUT2D eigenvalue weighted by molar-refractivity contribution is -0.118. The Morgan fingerprint density at radius 2 is 1.66 bits per heavy atom. The van der Waals surface area contributed by atoms with E-state index < -0.39 is 0 Å². The summed E-state index contributed by atoms with van der Waals surface area (Å²) in [6.45, 7) is 2.22. The van der Waals surface area contributed by atoms with Crippen LogP contribution in [-0.4, -0.2) is 28.2 Å². The van der Waals surface area contributed by atoms with Crippen LogP contribution in [0, 0.1) is 0 Å². The van der Waals surface area contributed by atoms with E-state index in [9.17, 15) is 4.79 Å². The van der Waals surface area contributed by atoms with Crippen molar-refractivity contribution < 1.29 is 4.79 Å². The van der Waals surface area contributed by atoms with E-state index in [4.69, 9.17) is 9.97 Å². The Bertz CT molecular complexity index is 1250. The third-order valence-corrected chi connectivity index (χ3v) is 6.63. The van der Waals surface area contributed by atoms with Gasteiger partial charge in [-0.2, -0.15) is 0 Å². The Kier molecular flexibility index (Phi) is 6.03. The first-order chi connectivity index (χ1) is 15.8. The molecule has 160 valence electrons. The molecule has 0 radical (unpaired) electrons. The lowest BCUT2D eigenvalue weighted by atomic mass is 10.0. The van der Waals surface area contributed by atoms with Crippen molar-refractivity contribution in [3.05, 3.63) is 95.6 Å². The monoisotopic (exact) mass is 440 g/mol. The van der Waals surface area contributed by atoms with Crippen LogP contribution >= 0.6 is 11.8 Å². The molecule has 32 heavy (non-hydrogen) atoms. The number of aromatic nitrogens is 2. The van der Waals surface area contributed by atoms with E-state index in [0.29, 0.717) is 12.3 Å². The molecule has 0 atom stereocenters. The largest absolute Gasteiger partial charge is 0.351 e. The number of benzene rings is 3. The van der Waals surface area contributed by atoms with Gasteiger partial charge in [0.15, 0.2) is 0 Å². The molecule has 1 aliphatic rings. The van der Waals surface area contributed by atoms with Crippen LogP contribution in [0.4, 0.5) is 5.95 Å². The number of nitrogens with one attached hydrogen (secondary N) is 1. The van der Waals surface area contributed by atoms with Gasteiger partial charge >= 0.3 is 0 Å². The van der Waals surface area contributed by atoms with Gasteiger partial charge in [-0.15, -0.1) is 0 Å². The SMILES string of the molecule is O=C(CSc1nc(N2CCc3ccccc3C2)nc2ccccc12)NCc1ccccc1. The molecule has 5 nitrogen and oxygen atoms in total. The van der Waals surface area contributed by atoms with Gasteiger partial charge in [0, 0.05) is 25.0 Å². The lowest BCUT2D eigenvalue weighted by Crippen LogP contribution is -2.31. The van der Waals surface area contributed by atoms with Crippen molar-refractivity contribution in [3.63, 3.8) is 0 Å². The molecule has 0 spiro atoms. The first-order valence-corrected chi connectivity index (χ1v) is 11.8. The van der Waals surface area contributed by atoms with Gasteiger partial charge in [0.05, 0.1) is 11.3 Å². The van der Waals surface area contributed by atoms with Crippen LogP contribution in [0.2, 0.25) is 0 Å². The van der Waals surface area contributed by atoms with Crippen molar-refractivity contribution in [2.75, 3.05) is 17.2 Å². The fourth-order valence-electron chi connectivity index (χ4n) is 3.94. The molecule has 3 aromatic carbocycles. The minimum absolute atomic E-state index is 0.00463. The number of hydrogen-bond acceptors (Lipinski definition) is 5. The molecule has 6 heteroatoms. The molecule has 0 bridgehead atoms. The number of thioether (sulfide) groups is 1. The van der Waals surface area contributed by atoms with E-state index in [1.54, 1.807) is 0 Å². The fourth-order valence-corrected chi connectivity index (χ4v) is 4.78. The second-order valence-corrected chi connectivity index (χ2v) is 8.80. The van der Waals surface area contributed by atoms with Crippen LogP contribution in [0.15, 0.2) is 83.9 Å². The van der Waals surface area contributed by atoms with Gasteiger partial charge in [0.1, 0.15) is 5.03 Å². The third-order valence-electron chi connectivity index (χ3n) is 5.64. The maximum Gasteiger partial charge on any atom is 0.230 e. The number of fused-ring (bicyclic) bond motifs is 2. The van der Waals surface area contributed by atoms with Crippen molar-refractivity contribution in [2.24, 2.45) is 0 Å². The van der Waals surface area contributed by atoms with Crippen LogP contribution in [0.25, 0.3) is 10.9 Å². The van der Waals surface area contributed by atoms with Crippen LogP contribution in [-0.2, 0) is 24.3 Å². The van der Waals surface area contributed by atoms with Crippen LogP contribution in [0.5, 0.6) is 0 Å². The zero-order valence-electron chi connectivity index (χ0n) is 17.7. The second kappa shape index (κ2) is 9.40. The molecule has 1 aromatic heterocycles. The third kappa shape index (κ3) is 4.60. The summed E-state index contributed by atoms with van der Waals surface area (Å²) in [6, 6.07) is 26.5. The van der Waals surface area contributed by atoms with E-state index in [-0.39, 0.29) is 5.91 Å². The van der Waals surface area contributed by atoms with E-state index in [1.165, 1.54) is 22.9 Å². The predicted molar refractivity (Wildman–Crippen MR) is 130 cm³/mol. The summed E-state index contributed by atoms with van der Waals surface area (Å²) in [5.41, 5.74) is 4.72. The molecule has 0 aliphatic carbocycles. The van der Waals surface area contributed by atoms with Gasteiger partial charge < -0.3 is 10.2 Å². The highest BCUT2D eigenvalue weighted by atomic mass is 32.2. The van der Waals surface area contributed by atoms with Gasteiger partial charge in [0.2, 0.25) is 11.9 Å². The summed E-state index contributed by atoms with van der Waals surface area (Å²) >= 11 is 1.47. The number of rotatable bonds is 6. The summed E-state index contributed by atoms with van der Waals surface area (Å²) in [5.74, 6) is 1.04. The van der Waals surface area contributed by atoms with E-state index in [1.807, 2.05) is 54.6 Å². The Balaban J connectivity index is 1.33. The Morgan fingerprint density at radius 3 is 2.53 bits per heavy atom. The van der Waals surface area contributed by atoms with E-state index in [0.717, 1.165) is 47.0 Å². The highest BCUT2D eigenvalue weighted by Gasteiger charge is 2.20. The summed E-state index contributed by atoms with van der Waals surface area (Å²) in [4.78, 5) is 24.4. The number of para-hydroxylation sites is 1. The fraction of sp³-hybridized carbons (Fsp3) is 0.192. The molecule has 0 fully saturated rings. The van der Waals surface area contributed by atoms with Gasteiger partial charge in [0.25, 0.3) is 0 Å². The maximum atomic E-state index is 12.5. The molecule has 0 saturated heterocycles. The summed E-state index contributed by atoms with van der Waals surface area (Å²) in [7, 11) is 0. The average molecular weight is 441 g/mol. The predicted octanol–water partition coefficient (Wildman–Crippen LogP) is 4.60. The van der Waals surface area contributed by atoms with Gasteiger partial charge in [-0.1, -0.05) is 84.6 Å². The minimum Gasteiger partial charge on any atom is -0.351 e. The van der Waals surface area contributed by atoms with Crippen molar-refractivity contribution in [3.8, 4) is 0 Å². The molecule has 5 rings (SSSR count). The number of anilines is 1. The maximum absolute atomic E-state index is 12.5. The molecule has 4 aromatic rings. The standard InChI is InChI=1S/C26H24N4OS/c31-24(27-16-19-8-2-1-3-9-19)18-32-25-22-12-6-7-13-23(22)28-26(29-25)30-15-14-20-10-4-5-11-21(20)17-30/h1-13H,14-18H2,(H,27,31). The smallest absolute Gasteiger partial charge is 0.230 e. The zero-order valence-corrected chi connectivity index (χ0v) is 18.5. The van der Waals surface area contributed by atoms with E-state index >= 15 is 0 Å². The van der Waals surface area contributed by atoms with Crippen LogP contribution in [0.3, 0.4) is 0 Å². The number of nitrogens with zero attached hydrogens (tertiary/aromatic N) is 3. The first-order valence-electron chi connectivity index (χ1n) is 10.8. The summed E-state index contributed by atoms with van der Waals surface area (Å²) in [5, 5.41) is 4.82. The Labute approximate surface area is 191 Å². The molecule has 2 heterocycles. The molecular weight excluding hydrogens is 416 g/mol. The molecule has 0 saturated carbocycles. The van der Waals surface area contributed by atoms with Crippen molar-refractivity contribution >= 4 is 34.5 Å². The van der Waals surface area contributed by atoms with Gasteiger partial charge in [-0.3, -0.25) is 4.79 Å². The Morgan fingerprint density at radius 1 is 0.906 bits per heavy atom. The number of carbonyl (C=O) groups excluding carboxylic acids is 1. The molecule has 1 N–H and O–H groups in total. The van der Waals surface area contributed by atoms with Crippen LogP contribution in [0.1, 0.15) is 16.7 Å². The Hall–Kier alpha value is -3.38. The molecular formula is C26H24N4OS. The normalized spacial score (nSPS) is 13.1. The van der Waals surface area contributed by atoms with Crippen molar-refractivity contribution in [2.45, 2.75) is 24.5 Å². The number of hydrogen-bond donors (Lipinski definition) is 1. The number of carbonyl (C=O) groups is 1. The van der Waals surface area contributed by atoms with Crippen molar-refractivity contribution in [1.29, 1.82) is 0 Å². The van der Waals surface area contributed by atoms with Gasteiger partial charge in [-0.05, 0) is 29.2 Å². The quantitative estimate of drug-likeness (QED) is 0.351. The number of amides is 1. The molecule has 0 unspecified atom stereocenters. The van der Waals surface area contributed by atoms with Gasteiger partial charge in [-0.25, -0.2) is 9.97 Å². The highest BCUT2D eigenvalue weighted by molar-refractivity contribution is 8.00. The lowest BCUT2D eigenvalue weighted by Gasteiger charge is -2.29. The summed E-state index contributed by atoms with van der Waals surface area (Å²) in [6.07, 6.45) is 0.983.